The van der Waals surface area contributed by atoms with E-state index >= 15 is 0 Å². The summed E-state index contributed by atoms with van der Waals surface area (Å²) in [6, 6.07) is 5.14. The first kappa shape index (κ1) is 25.8. The number of alkyl halides is 3. The van der Waals surface area contributed by atoms with Crippen molar-refractivity contribution in [2.75, 3.05) is 18.0 Å². The molecule has 1 aliphatic rings. The first-order valence-electron chi connectivity index (χ1n) is 10.7. The SMILES string of the molecule is NN=NC=Nc1ccc(OCc2csc(C3CCN(c4ncc(C(F)(F)F)cc4Cl)CC3)n2)c(F)c1. The van der Waals surface area contributed by atoms with Gasteiger partial charge in [0.2, 0.25) is 0 Å². The van der Waals surface area contributed by atoms with Gasteiger partial charge in [0.15, 0.2) is 11.6 Å². The van der Waals surface area contributed by atoms with Gasteiger partial charge in [0.1, 0.15) is 18.8 Å². The first-order valence-corrected chi connectivity index (χ1v) is 12.0. The van der Waals surface area contributed by atoms with Gasteiger partial charge in [-0.25, -0.2) is 19.4 Å². The molecule has 1 aliphatic heterocycles. The molecule has 3 heterocycles. The molecule has 2 aromatic heterocycles. The zero-order chi connectivity index (χ0) is 25.7. The minimum absolute atomic E-state index is 0.0231. The lowest BCUT2D eigenvalue weighted by Gasteiger charge is -2.32. The van der Waals surface area contributed by atoms with Crippen molar-refractivity contribution in [1.29, 1.82) is 0 Å². The summed E-state index contributed by atoms with van der Waals surface area (Å²) >= 11 is 7.58. The Balaban J connectivity index is 1.32. The first-order chi connectivity index (χ1) is 17.2. The number of hydrogen-bond donors (Lipinski definition) is 1. The predicted molar refractivity (Wildman–Crippen MR) is 128 cm³/mol. The van der Waals surface area contributed by atoms with E-state index < -0.39 is 17.6 Å². The molecule has 0 aliphatic carbocycles. The molecule has 2 N–H and O–H groups in total. The van der Waals surface area contributed by atoms with Crippen LogP contribution in [-0.2, 0) is 12.8 Å². The minimum atomic E-state index is -4.49. The smallest absolute Gasteiger partial charge is 0.417 e. The van der Waals surface area contributed by atoms with Crippen molar-refractivity contribution < 1.29 is 22.3 Å². The molecule has 190 valence electrons. The molecule has 8 nitrogen and oxygen atoms in total. The van der Waals surface area contributed by atoms with Crippen LogP contribution in [0.1, 0.15) is 35.0 Å². The summed E-state index contributed by atoms with van der Waals surface area (Å²) in [6.45, 7) is 1.27. The molecule has 0 atom stereocenters. The third kappa shape index (κ3) is 6.26. The van der Waals surface area contributed by atoms with E-state index in [0.29, 0.717) is 30.3 Å². The molecular weight excluding hydrogens is 522 g/mol. The van der Waals surface area contributed by atoms with Crippen LogP contribution in [0.25, 0.3) is 0 Å². The molecule has 0 amide bonds. The monoisotopic (exact) mass is 541 g/mol. The van der Waals surface area contributed by atoms with Crippen LogP contribution in [0.5, 0.6) is 5.75 Å². The van der Waals surface area contributed by atoms with Crippen LogP contribution in [0, 0.1) is 5.82 Å². The zero-order valence-corrected chi connectivity index (χ0v) is 20.2. The van der Waals surface area contributed by atoms with Gasteiger partial charge in [0.25, 0.3) is 0 Å². The Kier molecular flexibility index (Phi) is 7.99. The van der Waals surface area contributed by atoms with E-state index in [1.165, 1.54) is 23.5 Å². The van der Waals surface area contributed by atoms with E-state index in [4.69, 9.17) is 22.2 Å². The van der Waals surface area contributed by atoms with Crippen LogP contribution in [0.4, 0.5) is 29.1 Å². The highest BCUT2D eigenvalue weighted by Crippen LogP contribution is 2.37. The number of nitrogens with two attached hydrogens (primary N) is 1. The fourth-order valence-corrected chi connectivity index (χ4v) is 4.96. The lowest BCUT2D eigenvalue weighted by molar-refractivity contribution is -0.137. The third-order valence-corrected chi connectivity index (χ3v) is 6.81. The summed E-state index contributed by atoms with van der Waals surface area (Å²) in [5.41, 5.74) is 0.139. The van der Waals surface area contributed by atoms with E-state index in [1.807, 2.05) is 10.3 Å². The van der Waals surface area contributed by atoms with Gasteiger partial charge in [-0.15, -0.1) is 16.5 Å². The van der Waals surface area contributed by atoms with Crippen molar-refractivity contribution in [2.24, 2.45) is 21.2 Å². The molecule has 1 saturated heterocycles. The second-order valence-electron chi connectivity index (χ2n) is 7.84. The van der Waals surface area contributed by atoms with Crippen molar-refractivity contribution >= 4 is 40.8 Å². The number of ether oxygens (including phenoxy) is 1. The van der Waals surface area contributed by atoms with Crippen LogP contribution in [-0.4, -0.2) is 29.4 Å². The van der Waals surface area contributed by atoms with E-state index in [2.05, 4.69) is 25.3 Å². The highest BCUT2D eigenvalue weighted by atomic mass is 35.5. The van der Waals surface area contributed by atoms with E-state index in [9.17, 15) is 17.6 Å². The zero-order valence-electron chi connectivity index (χ0n) is 18.6. The predicted octanol–water partition coefficient (Wildman–Crippen LogP) is 6.30. The van der Waals surface area contributed by atoms with E-state index in [0.717, 1.165) is 36.5 Å². The van der Waals surface area contributed by atoms with Crippen LogP contribution < -0.4 is 15.5 Å². The number of hydrogen-bond acceptors (Lipinski definition) is 7. The number of benzene rings is 1. The van der Waals surface area contributed by atoms with Crippen molar-refractivity contribution in [3.63, 3.8) is 0 Å². The Hall–Kier alpha value is -3.32. The minimum Gasteiger partial charge on any atom is -0.484 e. The number of pyridine rings is 1. The van der Waals surface area contributed by atoms with Crippen LogP contribution in [0.2, 0.25) is 5.02 Å². The van der Waals surface area contributed by atoms with Gasteiger partial charge in [-0.2, -0.15) is 13.2 Å². The molecule has 1 aromatic carbocycles. The number of halogens is 5. The standard InChI is InChI=1S/C22H20ClF4N7OS/c23-17-7-14(22(25,26)27)9-29-20(17)34-5-3-13(4-6-34)21-32-16(11-36-21)10-35-19-2-1-15(8-18(19)24)30-12-31-33-28/h1-2,7-9,11-13H,3-6,10H2,(H2,28,30,31). The average Bonchev–Trinajstić information content (AvgIpc) is 3.32. The second kappa shape index (κ2) is 11.2. The maximum atomic E-state index is 14.3. The van der Waals surface area contributed by atoms with Gasteiger partial charge in [0, 0.05) is 36.7 Å². The Bertz CT molecular complexity index is 1260. The fraction of sp³-hybridized carbons (Fsp3) is 0.318. The summed E-state index contributed by atoms with van der Waals surface area (Å²) in [5, 5.41) is 9.17. The summed E-state index contributed by atoms with van der Waals surface area (Å²) in [6.07, 6.45) is -1.10. The van der Waals surface area contributed by atoms with Gasteiger partial charge in [-0.05, 0) is 31.0 Å². The summed E-state index contributed by atoms with van der Waals surface area (Å²) < 4.78 is 58.4. The molecule has 3 aromatic rings. The Morgan fingerprint density at radius 2 is 2.03 bits per heavy atom. The van der Waals surface area contributed by atoms with Crippen LogP contribution in [0.15, 0.2) is 51.2 Å². The number of nitrogens with zero attached hydrogens (tertiary/aromatic N) is 6. The number of anilines is 1. The van der Waals surface area contributed by atoms with Gasteiger partial charge in [-0.1, -0.05) is 16.8 Å². The summed E-state index contributed by atoms with van der Waals surface area (Å²) in [7, 11) is 0. The van der Waals surface area contributed by atoms with E-state index in [1.54, 1.807) is 6.07 Å². The number of aromatic nitrogens is 2. The van der Waals surface area contributed by atoms with Crippen molar-refractivity contribution in [3.8, 4) is 5.75 Å². The number of piperidine rings is 1. The maximum Gasteiger partial charge on any atom is 0.417 e. The Morgan fingerprint density at radius 1 is 1.25 bits per heavy atom. The largest absolute Gasteiger partial charge is 0.484 e. The molecule has 14 heteroatoms. The molecule has 0 spiro atoms. The Morgan fingerprint density at radius 3 is 2.69 bits per heavy atom. The number of rotatable bonds is 7. The molecule has 0 radical (unpaired) electrons. The van der Waals surface area contributed by atoms with Gasteiger partial charge in [-0.3, -0.25) is 0 Å². The maximum absolute atomic E-state index is 14.3. The fourth-order valence-electron chi connectivity index (χ4n) is 3.69. The molecule has 36 heavy (non-hydrogen) atoms. The van der Waals surface area contributed by atoms with E-state index in [-0.39, 0.29) is 23.3 Å². The molecule has 0 bridgehead atoms. The van der Waals surface area contributed by atoms with Crippen molar-refractivity contribution in [1.82, 2.24) is 9.97 Å². The van der Waals surface area contributed by atoms with Gasteiger partial charge < -0.3 is 15.5 Å². The lowest BCUT2D eigenvalue weighted by atomic mass is 9.97. The highest BCUT2D eigenvalue weighted by molar-refractivity contribution is 7.09. The van der Waals surface area contributed by atoms with Crippen LogP contribution in [0.3, 0.4) is 0 Å². The summed E-state index contributed by atoms with van der Waals surface area (Å²) in [4.78, 5) is 14.3. The average molecular weight is 542 g/mol. The molecule has 0 unspecified atom stereocenters. The topological polar surface area (TPSA) is 101 Å². The Labute approximate surface area is 212 Å². The molecule has 0 saturated carbocycles. The highest BCUT2D eigenvalue weighted by Gasteiger charge is 2.32. The molecule has 4 rings (SSSR count). The summed E-state index contributed by atoms with van der Waals surface area (Å²) in [5.74, 6) is 4.90. The third-order valence-electron chi connectivity index (χ3n) is 5.48. The normalized spacial score (nSPS) is 15.3. The lowest BCUT2D eigenvalue weighted by Crippen LogP contribution is -2.33. The van der Waals surface area contributed by atoms with Crippen molar-refractivity contribution in [3.05, 3.63) is 62.9 Å². The number of aliphatic imine (C=N–C) groups is 1. The van der Waals surface area contributed by atoms with Crippen LogP contribution >= 0.6 is 22.9 Å². The van der Waals surface area contributed by atoms with Gasteiger partial charge >= 0.3 is 6.18 Å². The molecular formula is C22H20ClF4N7OS. The second-order valence-corrected chi connectivity index (χ2v) is 9.14. The van der Waals surface area contributed by atoms with Gasteiger partial charge in [0.05, 0.1) is 27.0 Å². The molecule has 1 fully saturated rings. The number of thiazole rings is 1. The quantitative estimate of drug-likeness (QED) is 0.0944. The van der Waals surface area contributed by atoms with Crippen molar-refractivity contribution in [2.45, 2.75) is 31.5 Å².